The minimum absolute atomic E-state index is 0.163. The molecule has 1 aromatic heterocycles. The molecule has 1 amide bonds. The van der Waals surface area contributed by atoms with E-state index in [9.17, 15) is 4.79 Å². The van der Waals surface area contributed by atoms with Crippen molar-refractivity contribution >= 4 is 55.6 Å². The predicted octanol–water partition coefficient (Wildman–Crippen LogP) is 3.39. The van der Waals surface area contributed by atoms with Gasteiger partial charge in [-0.3, -0.25) is 10.1 Å². The molecule has 122 valence electrons. The van der Waals surface area contributed by atoms with E-state index in [0.29, 0.717) is 23.1 Å². The van der Waals surface area contributed by atoms with E-state index >= 15 is 0 Å². The summed E-state index contributed by atoms with van der Waals surface area (Å²) in [5.41, 5.74) is 0.400. The lowest BCUT2D eigenvalue weighted by molar-refractivity contribution is 0.0974. The van der Waals surface area contributed by atoms with Crippen LogP contribution in [0.3, 0.4) is 0 Å². The number of aryl methyl sites for hydroxylation is 1. The van der Waals surface area contributed by atoms with E-state index in [1.54, 1.807) is 12.1 Å². The minimum Gasteiger partial charge on any atom is -0.493 e. The third kappa shape index (κ3) is 4.95. The minimum atomic E-state index is -0.354. The van der Waals surface area contributed by atoms with E-state index < -0.39 is 0 Å². The molecule has 2 aromatic rings. The molecule has 0 saturated carbocycles. The molecule has 1 heterocycles. The Morgan fingerprint density at radius 3 is 2.83 bits per heavy atom. The molecule has 0 spiro atoms. The highest BCUT2D eigenvalue weighted by Crippen LogP contribution is 2.23. The summed E-state index contributed by atoms with van der Waals surface area (Å²) in [7, 11) is 0. The average molecular weight is 415 g/mol. The van der Waals surface area contributed by atoms with Gasteiger partial charge in [-0.2, -0.15) is 0 Å². The number of carbonyl (C=O) groups is 1. The van der Waals surface area contributed by atoms with Crippen LogP contribution in [-0.4, -0.2) is 27.8 Å². The number of thiocarbonyl (C=S) groups is 1. The van der Waals surface area contributed by atoms with Crippen molar-refractivity contribution in [2.45, 2.75) is 20.3 Å². The average Bonchev–Trinajstić information content (AvgIpc) is 2.96. The van der Waals surface area contributed by atoms with Crippen LogP contribution >= 0.6 is 39.5 Å². The first kappa shape index (κ1) is 17.8. The highest BCUT2D eigenvalue weighted by Gasteiger charge is 2.15. The second-order valence-electron chi connectivity index (χ2n) is 4.34. The van der Waals surface area contributed by atoms with Crippen LogP contribution in [0.5, 0.6) is 5.75 Å². The zero-order valence-corrected chi connectivity index (χ0v) is 15.8. The molecule has 0 atom stereocenters. The predicted molar refractivity (Wildman–Crippen MR) is 98.3 cm³/mol. The van der Waals surface area contributed by atoms with Crippen molar-refractivity contribution in [1.82, 2.24) is 15.5 Å². The Balaban J connectivity index is 2.06. The monoisotopic (exact) mass is 414 g/mol. The summed E-state index contributed by atoms with van der Waals surface area (Å²) in [5, 5.41) is 15.0. The van der Waals surface area contributed by atoms with Gasteiger partial charge in [0.05, 0.1) is 12.2 Å². The number of rotatable bonds is 5. The van der Waals surface area contributed by atoms with Gasteiger partial charge >= 0.3 is 0 Å². The maximum absolute atomic E-state index is 12.4. The first-order chi connectivity index (χ1) is 11.0. The number of hydrogen-bond donors (Lipinski definition) is 2. The Hall–Kier alpha value is -1.58. The van der Waals surface area contributed by atoms with E-state index in [0.717, 1.165) is 15.9 Å². The van der Waals surface area contributed by atoms with Crippen LogP contribution in [0.25, 0.3) is 0 Å². The third-order valence-corrected chi connectivity index (χ3v) is 4.38. The van der Waals surface area contributed by atoms with Gasteiger partial charge in [0.25, 0.3) is 5.91 Å². The summed E-state index contributed by atoms with van der Waals surface area (Å²) in [4.78, 5) is 12.4. The number of aromatic nitrogens is 2. The fourth-order valence-corrected chi connectivity index (χ4v) is 3.01. The maximum atomic E-state index is 12.4. The van der Waals surface area contributed by atoms with Crippen LogP contribution < -0.4 is 15.4 Å². The molecule has 0 aliphatic heterocycles. The molecule has 23 heavy (non-hydrogen) atoms. The van der Waals surface area contributed by atoms with E-state index in [4.69, 9.17) is 17.0 Å². The Morgan fingerprint density at radius 2 is 2.17 bits per heavy atom. The number of anilines is 1. The second kappa shape index (κ2) is 8.32. The van der Waals surface area contributed by atoms with Crippen LogP contribution in [0.1, 0.15) is 29.2 Å². The van der Waals surface area contributed by atoms with Crippen molar-refractivity contribution in [3.8, 4) is 5.75 Å². The first-order valence-electron chi connectivity index (χ1n) is 6.90. The van der Waals surface area contributed by atoms with Gasteiger partial charge in [0.1, 0.15) is 10.8 Å². The molecule has 0 saturated heterocycles. The summed E-state index contributed by atoms with van der Waals surface area (Å²) in [6.45, 7) is 4.32. The standard InChI is InChI=1S/C14H15BrN4O2S2/c1-3-11-18-19-14(23-11)17-13(22)16-12(20)9-7-8(15)5-6-10(9)21-4-2/h5-7H,3-4H2,1-2H3,(H2,16,17,19,20,22). The van der Waals surface area contributed by atoms with Crippen LogP contribution in [0.4, 0.5) is 5.13 Å². The number of ether oxygens (including phenoxy) is 1. The molecular formula is C14H15BrN4O2S2. The van der Waals surface area contributed by atoms with Crippen molar-refractivity contribution in [3.05, 3.63) is 33.2 Å². The van der Waals surface area contributed by atoms with Gasteiger partial charge in [-0.15, -0.1) is 10.2 Å². The number of nitrogens with one attached hydrogen (secondary N) is 2. The van der Waals surface area contributed by atoms with Gasteiger partial charge in [-0.05, 0) is 43.8 Å². The molecule has 6 nitrogen and oxygen atoms in total. The van der Waals surface area contributed by atoms with Crippen LogP contribution in [0.2, 0.25) is 0 Å². The number of benzene rings is 1. The fourth-order valence-electron chi connectivity index (χ4n) is 1.71. The molecule has 2 N–H and O–H groups in total. The molecule has 0 radical (unpaired) electrons. The van der Waals surface area contributed by atoms with Crippen molar-refractivity contribution in [2.75, 3.05) is 11.9 Å². The van der Waals surface area contributed by atoms with Crippen molar-refractivity contribution in [2.24, 2.45) is 0 Å². The van der Waals surface area contributed by atoms with Gasteiger partial charge in [0.2, 0.25) is 5.13 Å². The summed E-state index contributed by atoms with van der Waals surface area (Å²) in [6, 6.07) is 5.23. The zero-order chi connectivity index (χ0) is 16.8. The van der Waals surface area contributed by atoms with Crippen molar-refractivity contribution in [3.63, 3.8) is 0 Å². The van der Waals surface area contributed by atoms with E-state index in [2.05, 4.69) is 36.8 Å². The Labute approximate surface area is 151 Å². The molecule has 1 aromatic carbocycles. The van der Waals surface area contributed by atoms with Gasteiger partial charge in [0.15, 0.2) is 5.11 Å². The Kier molecular flexibility index (Phi) is 6.43. The van der Waals surface area contributed by atoms with E-state index in [1.807, 2.05) is 19.9 Å². The highest BCUT2D eigenvalue weighted by atomic mass is 79.9. The topological polar surface area (TPSA) is 76.1 Å². The summed E-state index contributed by atoms with van der Waals surface area (Å²) in [6.07, 6.45) is 0.800. The number of hydrogen-bond acceptors (Lipinski definition) is 6. The van der Waals surface area contributed by atoms with Gasteiger partial charge in [-0.25, -0.2) is 0 Å². The van der Waals surface area contributed by atoms with Crippen molar-refractivity contribution in [1.29, 1.82) is 0 Å². The largest absolute Gasteiger partial charge is 0.493 e. The maximum Gasteiger partial charge on any atom is 0.261 e. The van der Waals surface area contributed by atoms with Crippen LogP contribution in [0.15, 0.2) is 22.7 Å². The zero-order valence-electron chi connectivity index (χ0n) is 12.6. The Bertz CT molecular complexity index is 721. The molecule has 0 aliphatic rings. The number of halogens is 1. The summed E-state index contributed by atoms with van der Waals surface area (Å²) in [5.74, 6) is 0.146. The summed E-state index contributed by atoms with van der Waals surface area (Å²) >= 11 is 9.88. The third-order valence-electron chi connectivity index (χ3n) is 2.70. The van der Waals surface area contributed by atoms with Crippen molar-refractivity contribution < 1.29 is 9.53 Å². The molecule has 0 aliphatic carbocycles. The number of nitrogens with zero attached hydrogens (tertiary/aromatic N) is 2. The molecule has 0 bridgehead atoms. The number of carbonyl (C=O) groups excluding carboxylic acids is 1. The lowest BCUT2D eigenvalue weighted by Gasteiger charge is -2.11. The molecule has 9 heteroatoms. The van der Waals surface area contributed by atoms with Gasteiger partial charge < -0.3 is 10.1 Å². The lowest BCUT2D eigenvalue weighted by atomic mass is 10.2. The van der Waals surface area contributed by atoms with Crippen LogP contribution in [0, 0.1) is 0 Å². The molecule has 0 fully saturated rings. The molecular weight excluding hydrogens is 400 g/mol. The normalized spacial score (nSPS) is 10.2. The molecule has 2 rings (SSSR count). The first-order valence-corrected chi connectivity index (χ1v) is 8.92. The molecule has 0 unspecified atom stereocenters. The van der Waals surface area contributed by atoms with E-state index in [-0.39, 0.29) is 11.0 Å². The smallest absolute Gasteiger partial charge is 0.261 e. The number of amides is 1. The van der Waals surface area contributed by atoms with Crippen LogP contribution in [-0.2, 0) is 6.42 Å². The quantitative estimate of drug-likeness (QED) is 0.730. The fraction of sp³-hybridized carbons (Fsp3) is 0.286. The Morgan fingerprint density at radius 1 is 1.39 bits per heavy atom. The second-order valence-corrected chi connectivity index (χ2v) is 6.72. The van der Waals surface area contributed by atoms with E-state index in [1.165, 1.54) is 11.3 Å². The van der Waals surface area contributed by atoms with Gasteiger partial charge in [-0.1, -0.05) is 34.2 Å². The highest BCUT2D eigenvalue weighted by molar-refractivity contribution is 9.10. The summed E-state index contributed by atoms with van der Waals surface area (Å²) < 4.78 is 6.24. The van der Waals surface area contributed by atoms with Gasteiger partial charge in [0, 0.05) is 4.47 Å². The SMILES string of the molecule is CCOc1ccc(Br)cc1C(=O)NC(=S)Nc1nnc(CC)s1. The lowest BCUT2D eigenvalue weighted by Crippen LogP contribution is -2.34.